The Bertz CT molecular complexity index is 893. The fraction of sp³-hybridized carbons (Fsp3) is 0.381. The van der Waals surface area contributed by atoms with Crippen LogP contribution in [0.1, 0.15) is 52.1 Å². The van der Waals surface area contributed by atoms with E-state index in [1.165, 1.54) is 32.8 Å². The minimum atomic E-state index is -0.399. The maximum atomic E-state index is 12.7. The molecule has 1 aromatic heterocycles. The molecule has 0 spiro atoms. The van der Waals surface area contributed by atoms with Crippen LogP contribution in [0.3, 0.4) is 0 Å². The number of pyridine rings is 1. The van der Waals surface area contributed by atoms with Gasteiger partial charge >= 0.3 is 5.97 Å². The summed E-state index contributed by atoms with van der Waals surface area (Å²) in [6.07, 6.45) is 6.73. The highest BCUT2D eigenvalue weighted by Gasteiger charge is 2.32. The van der Waals surface area contributed by atoms with Crippen LogP contribution in [-0.4, -0.2) is 30.1 Å². The van der Waals surface area contributed by atoms with Crippen molar-refractivity contribution in [3.63, 3.8) is 0 Å². The van der Waals surface area contributed by atoms with E-state index in [0.29, 0.717) is 23.7 Å². The van der Waals surface area contributed by atoms with Gasteiger partial charge in [0.05, 0.1) is 30.2 Å². The molecular weight excluding hydrogens is 356 g/mol. The second-order valence-corrected chi connectivity index (χ2v) is 7.27. The molecular formula is C21H24N4O3. The lowest BCUT2D eigenvalue weighted by atomic mass is 10.1. The van der Waals surface area contributed by atoms with Gasteiger partial charge in [-0.1, -0.05) is 25.0 Å². The van der Waals surface area contributed by atoms with Crippen LogP contribution >= 0.6 is 0 Å². The summed E-state index contributed by atoms with van der Waals surface area (Å²) in [5, 5.41) is 9.84. The number of ether oxygens (including phenoxy) is 1. The molecule has 0 radical (unpaired) electrons. The number of nitrogens with one attached hydrogen (secondary N) is 3. The smallest absolute Gasteiger partial charge is 0.337 e. The first-order valence-corrected chi connectivity index (χ1v) is 9.63. The van der Waals surface area contributed by atoms with E-state index in [2.05, 4.69) is 20.9 Å². The molecule has 4 rings (SSSR count). The molecule has 7 nitrogen and oxygen atoms in total. The van der Waals surface area contributed by atoms with Gasteiger partial charge in [-0.3, -0.25) is 4.79 Å². The Kier molecular flexibility index (Phi) is 5.14. The number of carbonyl (C=O) groups is 2. The number of rotatable bonds is 5. The maximum Gasteiger partial charge on any atom is 0.337 e. The first kappa shape index (κ1) is 18.3. The fourth-order valence-electron chi connectivity index (χ4n) is 3.98. The van der Waals surface area contributed by atoms with Crippen LogP contribution in [0.4, 0.5) is 11.4 Å². The second kappa shape index (κ2) is 7.88. The number of amides is 1. The zero-order valence-electron chi connectivity index (χ0n) is 15.8. The van der Waals surface area contributed by atoms with Crippen LogP contribution in [-0.2, 0) is 11.3 Å². The lowest BCUT2D eigenvalue weighted by Crippen LogP contribution is -2.30. The van der Waals surface area contributed by atoms with Crippen LogP contribution in [0.15, 0.2) is 36.5 Å². The molecule has 1 atom stereocenters. The Labute approximate surface area is 163 Å². The zero-order valence-corrected chi connectivity index (χ0v) is 15.8. The van der Waals surface area contributed by atoms with Gasteiger partial charge in [-0.15, -0.1) is 0 Å². The molecule has 1 aromatic carbocycles. The number of hydrogen-bond acceptors (Lipinski definition) is 6. The van der Waals surface area contributed by atoms with Crippen molar-refractivity contribution in [2.45, 2.75) is 38.4 Å². The summed E-state index contributed by atoms with van der Waals surface area (Å²) in [6.45, 7) is 0.300. The molecule has 1 saturated carbocycles. The van der Waals surface area contributed by atoms with E-state index in [-0.39, 0.29) is 12.1 Å². The minimum absolute atomic E-state index is 0.157. The van der Waals surface area contributed by atoms with Gasteiger partial charge in [0, 0.05) is 12.7 Å². The number of methoxy groups -OCH3 is 1. The number of aromatic nitrogens is 1. The summed E-state index contributed by atoms with van der Waals surface area (Å²) < 4.78 is 4.74. The fourth-order valence-corrected chi connectivity index (χ4v) is 3.98. The zero-order chi connectivity index (χ0) is 19.5. The van der Waals surface area contributed by atoms with Gasteiger partial charge in [-0.05, 0) is 42.5 Å². The van der Waals surface area contributed by atoms with Crippen LogP contribution in [0, 0.1) is 5.92 Å². The lowest BCUT2D eigenvalue weighted by Gasteiger charge is -2.19. The molecule has 1 aliphatic carbocycles. The Morgan fingerprint density at radius 1 is 1.21 bits per heavy atom. The molecule has 0 saturated heterocycles. The summed E-state index contributed by atoms with van der Waals surface area (Å²) >= 11 is 0. The second-order valence-electron chi connectivity index (χ2n) is 7.27. The Morgan fingerprint density at radius 2 is 2.04 bits per heavy atom. The third-order valence-corrected chi connectivity index (χ3v) is 5.45. The maximum absolute atomic E-state index is 12.7. The number of anilines is 2. The van der Waals surface area contributed by atoms with Crippen molar-refractivity contribution in [3.8, 4) is 0 Å². The van der Waals surface area contributed by atoms with E-state index < -0.39 is 5.97 Å². The van der Waals surface area contributed by atoms with Crippen molar-refractivity contribution in [2.75, 3.05) is 17.7 Å². The Balaban J connectivity index is 1.44. The molecule has 3 N–H and O–H groups in total. The first-order chi connectivity index (χ1) is 13.7. The number of carbonyl (C=O) groups excluding carboxylic acids is 2. The molecule has 1 amide bonds. The highest BCUT2D eigenvalue weighted by molar-refractivity contribution is 6.01. The predicted octanol–water partition coefficient (Wildman–Crippen LogP) is 3.15. The molecule has 1 unspecified atom stereocenters. The predicted molar refractivity (Wildman–Crippen MR) is 106 cm³/mol. The van der Waals surface area contributed by atoms with Gasteiger partial charge in [-0.25, -0.2) is 9.78 Å². The Morgan fingerprint density at radius 3 is 2.82 bits per heavy atom. The summed E-state index contributed by atoms with van der Waals surface area (Å²) in [5.74, 6) is -0.0741. The molecule has 2 heterocycles. The monoisotopic (exact) mass is 380 g/mol. The average molecular weight is 380 g/mol. The van der Waals surface area contributed by atoms with E-state index in [1.54, 1.807) is 24.4 Å². The summed E-state index contributed by atoms with van der Waals surface area (Å²) in [4.78, 5) is 28.7. The van der Waals surface area contributed by atoms with E-state index >= 15 is 0 Å². The summed E-state index contributed by atoms with van der Waals surface area (Å²) in [7, 11) is 1.35. The van der Waals surface area contributed by atoms with Gasteiger partial charge in [-0.2, -0.15) is 0 Å². The quantitative estimate of drug-likeness (QED) is 0.690. The highest BCUT2D eigenvalue weighted by Crippen LogP contribution is 2.37. The van der Waals surface area contributed by atoms with Crippen molar-refractivity contribution < 1.29 is 14.3 Å². The molecule has 7 heteroatoms. The van der Waals surface area contributed by atoms with Crippen LogP contribution in [0.5, 0.6) is 0 Å². The third-order valence-electron chi connectivity index (χ3n) is 5.45. The topological polar surface area (TPSA) is 92.3 Å². The minimum Gasteiger partial charge on any atom is -0.465 e. The Hall–Kier alpha value is -3.09. The SMILES string of the molecule is COC(=O)c1cccc(CNC(=O)c2nccc3c2NC(C2CCCC2)N3)c1. The molecule has 28 heavy (non-hydrogen) atoms. The first-order valence-electron chi connectivity index (χ1n) is 9.63. The van der Waals surface area contributed by atoms with E-state index in [1.807, 2.05) is 12.1 Å². The molecule has 2 aliphatic rings. The standard InChI is InChI=1S/C21H24N4O3/c1-28-21(27)15-8-4-5-13(11-15)12-23-20(26)18-17-16(9-10-22-18)24-19(25-17)14-6-2-3-7-14/h4-5,8-11,14,19,24-25H,2-3,6-7,12H2,1H3,(H,23,26). The van der Waals surface area contributed by atoms with Gasteiger partial charge in [0.15, 0.2) is 5.69 Å². The molecule has 0 bridgehead atoms. The number of nitrogens with zero attached hydrogens (tertiary/aromatic N) is 1. The molecule has 1 fully saturated rings. The number of esters is 1. The number of benzene rings is 1. The number of fused-ring (bicyclic) bond motifs is 1. The normalized spacial score (nSPS) is 18.1. The van der Waals surface area contributed by atoms with E-state index in [4.69, 9.17) is 4.74 Å². The molecule has 1 aliphatic heterocycles. The molecule has 146 valence electrons. The van der Waals surface area contributed by atoms with Crippen LogP contribution in [0.25, 0.3) is 0 Å². The third kappa shape index (κ3) is 3.65. The largest absolute Gasteiger partial charge is 0.465 e. The average Bonchev–Trinajstić information content (AvgIpc) is 3.40. The lowest BCUT2D eigenvalue weighted by molar-refractivity contribution is 0.0600. The summed E-state index contributed by atoms with van der Waals surface area (Å²) in [5.41, 5.74) is 3.34. The van der Waals surface area contributed by atoms with Crippen molar-refractivity contribution in [2.24, 2.45) is 5.92 Å². The van der Waals surface area contributed by atoms with E-state index in [9.17, 15) is 9.59 Å². The van der Waals surface area contributed by atoms with Gasteiger partial charge in [0.1, 0.15) is 0 Å². The van der Waals surface area contributed by atoms with Gasteiger partial charge < -0.3 is 20.7 Å². The number of hydrogen-bond donors (Lipinski definition) is 3. The highest BCUT2D eigenvalue weighted by atomic mass is 16.5. The van der Waals surface area contributed by atoms with Crippen molar-refractivity contribution >= 4 is 23.3 Å². The van der Waals surface area contributed by atoms with Gasteiger partial charge in [0.25, 0.3) is 5.91 Å². The van der Waals surface area contributed by atoms with Crippen molar-refractivity contribution in [1.82, 2.24) is 10.3 Å². The van der Waals surface area contributed by atoms with Crippen LogP contribution in [0.2, 0.25) is 0 Å². The molecule has 2 aromatic rings. The van der Waals surface area contributed by atoms with Crippen molar-refractivity contribution in [3.05, 3.63) is 53.3 Å². The summed E-state index contributed by atoms with van der Waals surface area (Å²) in [6, 6.07) is 8.91. The van der Waals surface area contributed by atoms with E-state index in [0.717, 1.165) is 16.9 Å². The van der Waals surface area contributed by atoms with Crippen LogP contribution < -0.4 is 16.0 Å². The van der Waals surface area contributed by atoms with Gasteiger partial charge in [0.2, 0.25) is 0 Å². The van der Waals surface area contributed by atoms with Crippen molar-refractivity contribution in [1.29, 1.82) is 0 Å².